The fourth-order valence-electron chi connectivity index (χ4n) is 1.94. The van der Waals surface area contributed by atoms with E-state index in [0.717, 1.165) is 23.2 Å². The van der Waals surface area contributed by atoms with Crippen molar-refractivity contribution >= 4 is 26.7 Å². The summed E-state index contributed by atoms with van der Waals surface area (Å²) in [5.74, 6) is 0.907. The predicted molar refractivity (Wildman–Crippen MR) is 84.9 cm³/mol. The molecular weight excluding hydrogens is 302 g/mol. The highest BCUT2D eigenvalue weighted by Crippen LogP contribution is 2.32. The second-order valence-corrected chi connectivity index (χ2v) is 5.50. The molecular formula is C16H20BrNO. The third kappa shape index (κ3) is 3.71. The van der Waals surface area contributed by atoms with Crippen molar-refractivity contribution in [2.75, 3.05) is 13.2 Å². The van der Waals surface area contributed by atoms with Crippen molar-refractivity contribution in [3.63, 3.8) is 0 Å². The van der Waals surface area contributed by atoms with E-state index in [1.807, 2.05) is 18.2 Å². The molecule has 0 saturated heterocycles. The van der Waals surface area contributed by atoms with Gasteiger partial charge in [0.1, 0.15) is 12.4 Å². The number of hydrogen-bond donors (Lipinski definition) is 1. The quantitative estimate of drug-likeness (QED) is 0.798. The highest BCUT2D eigenvalue weighted by molar-refractivity contribution is 9.10. The number of benzene rings is 2. The van der Waals surface area contributed by atoms with Crippen molar-refractivity contribution in [2.24, 2.45) is 0 Å². The Labute approximate surface area is 123 Å². The van der Waals surface area contributed by atoms with Crippen LogP contribution in [0.5, 0.6) is 5.75 Å². The molecule has 0 aliphatic carbocycles. The van der Waals surface area contributed by atoms with Gasteiger partial charge in [-0.1, -0.05) is 37.3 Å². The van der Waals surface area contributed by atoms with Gasteiger partial charge in [0.2, 0.25) is 0 Å². The number of rotatable bonds is 6. The Kier molecular flexibility index (Phi) is 5.23. The van der Waals surface area contributed by atoms with Gasteiger partial charge in [-0.15, -0.1) is 0 Å². The normalized spacial score (nSPS) is 12.6. The van der Waals surface area contributed by atoms with E-state index in [-0.39, 0.29) is 0 Å². The van der Waals surface area contributed by atoms with Crippen LogP contribution in [-0.4, -0.2) is 19.2 Å². The van der Waals surface area contributed by atoms with E-state index in [1.54, 1.807) is 0 Å². The van der Waals surface area contributed by atoms with E-state index < -0.39 is 0 Å². The second kappa shape index (κ2) is 6.92. The SMILES string of the molecule is CCC(C)NCCOc1ccc2ccccc2c1Br. The first-order chi connectivity index (χ1) is 9.22. The van der Waals surface area contributed by atoms with Crippen LogP contribution in [0.4, 0.5) is 0 Å². The molecule has 0 saturated carbocycles. The maximum Gasteiger partial charge on any atom is 0.134 e. The molecule has 1 N–H and O–H groups in total. The standard InChI is InChI=1S/C16H20BrNO/c1-3-12(2)18-10-11-19-15-9-8-13-6-4-5-7-14(13)16(15)17/h4-9,12,18H,3,10-11H2,1-2H3. The topological polar surface area (TPSA) is 21.3 Å². The van der Waals surface area contributed by atoms with Gasteiger partial charge in [-0.05, 0) is 46.1 Å². The van der Waals surface area contributed by atoms with Crippen molar-refractivity contribution in [3.8, 4) is 5.75 Å². The van der Waals surface area contributed by atoms with E-state index in [0.29, 0.717) is 12.6 Å². The molecule has 0 amide bonds. The molecule has 0 heterocycles. The molecule has 1 unspecified atom stereocenters. The Balaban J connectivity index is 1.99. The van der Waals surface area contributed by atoms with Crippen LogP contribution >= 0.6 is 15.9 Å². The first-order valence-corrected chi connectivity index (χ1v) is 7.55. The van der Waals surface area contributed by atoms with Gasteiger partial charge in [0.15, 0.2) is 0 Å². The van der Waals surface area contributed by atoms with Crippen LogP contribution in [0.2, 0.25) is 0 Å². The number of halogens is 1. The molecule has 3 heteroatoms. The second-order valence-electron chi connectivity index (χ2n) is 4.71. The lowest BCUT2D eigenvalue weighted by molar-refractivity contribution is 0.305. The third-order valence-corrected chi connectivity index (χ3v) is 4.11. The summed E-state index contributed by atoms with van der Waals surface area (Å²) in [4.78, 5) is 0. The molecule has 0 aliphatic rings. The molecule has 102 valence electrons. The van der Waals surface area contributed by atoms with E-state index in [4.69, 9.17) is 4.74 Å². The van der Waals surface area contributed by atoms with Crippen LogP contribution in [0, 0.1) is 0 Å². The highest BCUT2D eigenvalue weighted by Gasteiger charge is 2.05. The Hall–Kier alpha value is -1.06. The maximum atomic E-state index is 5.83. The van der Waals surface area contributed by atoms with E-state index in [9.17, 15) is 0 Å². The van der Waals surface area contributed by atoms with Crippen molar-refractivity contribution in [1.82, 2.24) is 5.32 Å². The minimum absolute atomic E-state index is 0.545. The van der Waals surface area contributed by atoms with E-state index >= 15 is 0 Å². The van der Waals surface area contributed by atoms with E-state index in [1.165, 1.54) is 10.8 Å². The van der Waals surface area contributed by atoms with Crippen LogP contribution in [0.1, 0.15) is 20.3 Å². The summed E-state index contributed by atoms with van der Waals surface area (Å²) in [6.45, 7) is 5.92. The predicted octanol–water partition coefficient (Wildman–Crippen LogP) is 4.37. The van der Waals surface area contributed by atoms with Crippen LogP contribution in [0.15, 0.2) is 40.9 Å². The molecule has 0 aliphatic heterocycles. The van der Waals surface area contributed by atoms with Crippen molar-refractivity contribution < 1.29 is 4.74 Å². The van der Waals surface area contributed by atoms with Gasteiger partial charge in [-0.25, -0.2) is 0 Å². The van der Waals surface area contributed by atoms with Gasteiger partial charge in [0, 0.05) is 12.6 Å². The molecule has 2 nitrogen and oxygen atoms in total. The Morgan fingerprint density at radius 3 is 2.79 bits per heavy atom. The molecule has 2 rings (SSSR count). The first-order valence-electron chi connectivity index (χ1n) is 6.75. The fraction of sp³-hybridized carbons (Fsp3) is 0.375. The molecule has 0 fully saturated rings. The molecule has 0 bridgehead atoms. The number of ether oxygens (including phenoxy) is 1. The van der Waals surface area contributed by atoms with Crippen LogP contribution < -0.4 is 10.1 Å². The van der Waals surface area contributed by atoms with E-state index in [2.05, 4.69) is 53.3 Å². The molecule has 19 heavy (non-hydrogen) atoms. The highest BCUT2D eigenvalue weighted by atomic mass is 79.9. The average Bonchev–Trinajstić information content (AvgIpc) is 2.45. The minimum atomic E-state index is 0.545. The molecule has 2 aromatic rings. The molecule has 0 spiro atoms. The average molecular weight is 322 g/mol. The van der Waals surface area contributed by atoms with Crippen molar-refractivity contribution in [3.05, 3.63) is 40.9 Å². The number of hydrogen-bond acceptors (Lipinski definition) is 2. The summed E-state index contributed by atoms with van der Waals surface area (Å²) < 4.78 is 6.87. The Morgan fingerprint density at radius 2 is 2.00 bits per heavy atom. The van der Waals surface area contributed by atoms with Crippen molar-refractivity contribution in [2.45, 2.75) is 26.3 Å². The molecule has 0 radical (unpaired) electrons. The lowest BCUT2D eigenvalue weighted by atomic mass is 10.1. The number of fused-ring (bicyclic) bond motifs is 1. The largest absolute Gasteiger partial charge is 0.491 e. The first kappa shape index (κ1) is 14.4. The van der Waals surface area contributed by atoms with Gasteiger partial charge in [-0.2, -0.15) is 0 Å². The molecule has 1 atom stereocenters. The van der Waals surface area contributed by atoms with Crippen molar-refractivity contribution in [1.29, 1.82) is 0 Å². The Morgan fingerprint density at radius 1 is 1.21 bits per heavy atom. The third-order valence-electron chi connectivity index (χ3n) is 3.29. The number of nitrogens with one attached hydrogen (secondary N) is 1. The van der Waals surface area contributed by atoms with Crippen LogP contribution in [0.25, 0.3) is 10.8 Å². The van der Waals surface area contributed by atoms with Crippen LogP contribution in [0.3, 0.4) is 0 Å². The molecule has 2 aromatic carbocycles. The summed E-state index contributed by atoms with van der Waals surface area (Å²) in [6.07, 6.45) is 1.14. The zero-order valence-electron chi connectivity index (χ0n) is 11.4. The lowest BCUT2D eigenvalue weighted by Crippen LogP contribution is -2.29. The zero-order chi connectivity index (χ0) is 13.7. The minimum Gasteiger partial charge on any atom is -0.491 e. The zero-order valence-corrected chi connectivity index (χ0v) is 13.0. The van der Waals surface area contributed by atoms with Gasteiger partial charge >= 0.3 is 0 Å². The Bertz CT molecular complexity index is 541. The summed E-state index contributed by atoms with van der Waals surface area (Å²) >= 11 is 3.63. The van der Waals surface area contributed by atoms with Gasteiger partial charge in [0.25, 0.3) is 0 Å². The monoisotopic (exact) mass is 321 g/mol. The summed E-state index contributed by atoms with van der Waals surface area (Å²) in [7, 11) is 0. The maximum absolute atomic E-state index is 5.83. The summed E-state index contributed by atoms with van der Waals surface area (Å²) in [6, 6.07) is 13.0. The smallest absolute Gasteiger partial charge is 0.134 e. The lowest BCUT2D eigenvalue weighted by Gasteiger charge is -2.13. The van der Waals surface area contributed by atoms with Gasteiger partial charge in [0.05, 0.1) is 4.47 Å². The van der Waals surface area contributed by atoms with Gasteiger partial charge < -0.3 is 10.1 Å². The van der Waals surface area contributed by atoms with Gasteiger partial charge in [-0.3, -0.25) is 0 Å². The fourth-order valence-corrected chi connectivity index (χ4v) is 2.54. The molecule has 0 aromatic heterocycles. The van der Waals surface area contributed by atoms with Crippen LogP contribution in [-0.2, 0) is 0 Å². The summed E-state index contributed by atoms with van der Waals surface area (Å²) in [5.41, 5.74) is 0. The summed E-state index contributed by atoms with van der Waals surface area (Å²) in [5, 5.41) is 5.83.